The van der Waals surface area contributed by atoms with Gasteiger partial charge in [-0.3, -0.25) is 4.79 Å². The maximum Gasteiger partial charge on any atom is 0.257 e. The van der Waals surface area contributed by atoms with E-state index in [2.05, 4.69) is 15.6 Å². The molecule has 0 fully saturated rings. The number of nitrogen functional groups attached to an aromatic ring is 1. The van der Waals surface area contributed by atoms with Gasteiger partial charge in [-0.15, -0.1) is 11.3 Å². The summed E-state index contributed by atoms with van der Waals surface area (Å²) in [6.45, 7) is 0.756. The van der Waals surface area contributed by atoms with Crippen molar-refractivity contribution in [3.05, 3.63) is 64.1 Å². The van der Waals surface area contributed by atoms with E-state index in [-0.39, 0.29) is 5.91 Å². The number of nitrogens with two attached hydrogens (primary N) is 1. The summed E-state index contributed by atoms with van der Waals surface area (Å²) in [6, 6.07) is 12.8. The summed E-state index contributed by atoms with van der Waals surface area (Å²) >= 11 is 7.50. The Morgan fingerprint density at radius 3 is 2.54 bits per heavy atom. The molecule has 1 aromatic heterocycles. The first kappa shape index (κ1) is 20.0. The molecule has 3 rings (SSSR count). The van der Waals surface area contributed by atoms with Gasteiger partial charge in [-0.2, -0.15) is 0 Å². The van der Waals surface area contributed by atoms with Crippen molar-refractivity contribution in [2.75, 3.05) is 41.9 Å². The number of nitrogens with one attached hydrogen (secondary N) is 2. The number of anilines is 4. The zero-order chi connectivity index (χ0) is 20.1. The quantitative estimate of drug-likeness (QED) is 0.534. The van der Waals surface area contributed by atoms with E-state index in [0.29, 0.717) is 15.7 Å². The van der Waals surface area contributed by atoms with Crippen LogP contribution in [-0.4, -0.2) is 31.5 Å². The smallest absolute Gasteiger partial charge is 0.257 e. The van der Waals surface area contributed by atoms with Crippen molar-refractivity contribution in [3.8, 4) is 0 Å². The third-order valence-electron chi connectivity index (χ3n) is 4.11. The molecule has 1 heterocycles. The average Bonchev–Trinajstić information content (AvgIpc) is 3.08. The van der Waals surface area contributed by atoms with Crippen molar-refractivity contribution < 1.29 is 4.79 Å². The molecule has 28 heavy (non-hydrogen) atoms. The number of thiazole rings is 1. The van der Waals surface area contributed by atoms with Gasteiger partial charge in [-0.25, -0.2) is 4.98 Å². The maximum atomic E-state index is 12.7. The summed E-state index contributed by atoms with van der Waals surface area (Å²) in [5.41, 5.74) is 9.66. The van der Waals surface area contributed by atoms with E-state index in [1.54, 1.807) is 18.2 Å². The van der Waals surface area contributed by atoms with Crippen LogP contribution in [0.3, 0.4) is 0 Å². The fourth-order valence-corrected chi connectivity index (χ4v) is 3.47. The van der Waals surface area contributed by atoms with Crippen LogP contribution in [0.25, 0.3) is 0 Å². The highest BCUT2D eigenvalue weighted by Gasteiger charge is 2.13. The summed E-state index contributed by atoms with van der Waals surface area (Å²) in [5, 5.41) is 9.41. The lowest BCUT2D eigenvalue weighted by molar-refractivity contribution is 0.102. The molecule has 0 saturated carbocycles. The van der Waals surface area contributed by atoms with Gasteiger partial charge in [0.15, 0.2) is 5.13 Å². The first-order valence-corrected chi connectivity index (χ1v) is 10.00. The number of carbonyl (C=O) groups is 1. The number of nitrogens with zero attached hydrogens (tertiary/aromatic N) is 2. The van der Waals surface area contributed by atoms with Gasteiger partial charge in [0, 0.05) is 48.8 Å². The van der Waals surface area contributed by atoms with Crippen LogP contribution in [0.2, 0.25) is 5.02 Å². The van der Waals surface area contributed by atoms with Crippen LogP contribution in [0.5, 0.6) is 0 Å². The average molecular weight is 416 g/mol. The Kier molecular flexibility index (Phi) is 6.38. The second-order valence-electron chi connectivity index (χ2n) is 6.44. The van der Waals surface area contributed by atoms with Gasteiger partial charge in [0.25, 0.3) is 5.91 Å². The molecule has 0 aliphatic rings. The lowest BCUT2D eigenvalue weighted by Gasteiger charge is -2.17. The van der Waals surface area contributed by atoms with E-state index in [1.165, 1.54) is 11.3 Å². The molecule has 0 bridgehead atoms. The standard InChI is InChI=1S/C20H22ClN5OS/c1-26(2)18-11-13(21)3-8-17(18)19(27)24-15-6-4-14(5-7-15)23-10-9-16-12-28-20(22)25-16/h3-8,11-12,23H,9-10H2,1-2H3,(H2,22,25)(H,24,27). The molecule has 4 N–H and O–H groups in total. The number of carbonyl (C=O) groups excluding carboxylic acids is 1. The van der Waals surface area contributed by atoms with Crippen molar-refractivity contribution in [1.82, 2.24) is 4.98 Å². The molecular weight excluding hydrogens is 394 g/mol. The fourth-order valence-electron chi connectivity index (χ4n) is 2.71. The molecule has 6 nitrogen and oxygen atoms in total. The number of benzene rings is 2. The Bertz CT molecular complexity index is 955. The second-order valence-corrected chi connectivity index (χ2v) is 7.77. The molecule has 0 aliphatic carbocycles. The van der Waals surface area contributed by atoms with E-state index >= 15 is 0 Å². The van der Waals surface area contributed by atoms with Crippen LogP contribution in [0.4, 0.5) is 22.2 Å². The van der Waals surface area contributed by atoms with Gasteiger partial charge in [0.2, 0.25) is 0 Å². The van der Waals surface area contributed by atoms with Crippen LogP contribution >= 0.6 is 22.9 Å². The predicted molar refractivity (Wildman–Crippen MR) is 119 cm³/mol. The largest absolute Gasteiger partial charge is 0.385 e. The Morgan fingerprint density at radius 1 is 1.18 bits per heavy atom. The lowest BCUT2D eigenvalue weighted by atomic mass is 10.1. The first-order chi connectivity index (χ1) is 13.4. The van der Waals surface area contributed by atoms with Crippen molar-refractivity contribution in [2.24, 2.45) is 0 Å². The highest BCUT2D eigenvalue weighted by molar-refractivity contribution is 7.13. The number of amides is 1. The Balaban J connectivity index is 1.59. The molecule has 0 radical (unpaired) electrons. The third-order valence-corrected chi connectivity index (χ3v) is 5.07. The minimum atomic E-state index is -0.179. The molecule has 0 aliphatic heterocycles. The van der Waals surface area contributed by atoms with E-state index < -0.39 is 0 Å². The molecule has 146 valence electrons. The minimum Gasteiger partial charge on any atom is -0.385 e. The third kappa shape index (κ3) is 5.15. The molecule has 0 unspecified atom stereocenters. The number of hydrogen-bond donors (Lipinski definition) is 3. The van der Waals surface area contributed by atoms with Gasteiger partial charge < -0.3 is 21.3 Å². The van der Waals surface area contributed by atoms with Crippen LogP contribution in [0.1, 0.15) is 16.1 Å². The topological polar surface area (TPSA) is 83.3 Å². The highest BCUT2D eigenvalue weighted by atomic mass is 35.5. The SMILES string of the molecule is CN(C)c1cc(Cl)ccc1C(=O)Nc1ccc(NCCc2csc(N)n2)cc1. The zero-order valence-electron chi connectivity index (χ0n) is 15.7. The lowest BCUT2D eigenvalue weighted by Crippen LogP contribution is -2.18. The normalized spacial score (nSPS) is 10.5. The van der Waals surface area contributed by atoms with Crippen molar-refractivity contribution in [1.29, 1.82) is 0 Å². The van der Waals surface area contributed by atoms with Gasteiger partial charge in [0.05, 0.1) is 16.9 Å². The van der Waals surface area contributed by atoms with Crippen molar-refractivity contribution >= 4 is 51.0 Å². The van der Waals surface area contributed by atoms with Crippen molar-refractivity contribution in [2.45, 2.75) is 6.42 Å². The van der Waals surface area contributed by atoms with E-state index in [1.807, 2.05) is 48.6 Å². The zero-order valence-corrected chi connectivity index (χ0v) is 17.3. The highest BCUT2D eigenvalue weighted by Crippen LogP contribution is 2.24. The molecule has 1 amide bonds. The van der Waals surface area contributed by atoms with Gasteiger partial charge in [-0.1, -0.05) is 11.6 Å². The first-order valence-electron chi connectivity index (χ1n) is 8.74. The summed E-state index contributed by atoms with van der Waals surface area (Å²) in [7, 11) is 3.76. The Labute approximate surface area is 173 Å². The number of halogens is 1. The fraction of sp³-hybridized carbons (Fsp3) is 0.200. The van der Waals surface area contributed by atoms with E-state index in [0.717, 1.165) is 35.7 Å². The predicted octanol–water partition coefficient (Wildman–Crippen LogP) is 4.35. The summed E-state index contributed by atoms with van der Waals surface area (Å²) in [4.78, 5) is 18.8. The summed E-state index contributed by atoms with van der Waals surface area (Å²) in [6.07, 6.45) is 0.802. The molecule has 8 heteroatoms. The summed E-state index contributed by atoms with van der Waals surface area (Å²) < 4.78 is 0. The van der Waals surface area contributed by atoms with Crippen molar-refractivity contribution in [3.63, 3.8) is 0 Å². The van der Waals surface area contributed by atoms with E-state index in [9.17, 15) is 4.79 Å². The number of hydrogen-bond acceptors (Lipinski definition) is 6. The molecule has 2 aromatic carbocycles. The molecule has 0 saturated heterocycles. The molecule has 0 spiro atoms. The van der Waals surface area contributed by atoms with Crippen LogP contribution in [0, 0.1) is 0 Å². The van der Waals surface area contributed by atoms with Gasteiger partial charge in [-0.05, 0) is 42.5 Å². The van der Waals surface area contributed by atoms with Gasteiger partial charge >= 0.3 is 0 Å². The molecular formula is C20H22ClN5OS. The molecule has 3 aromatic rings. The van der Waals surface area contributed by atoms with Gasteiger partial charge in [0.1, 0.15) is 0 Å². The monoisotopic (exact) mass is 415 g/mol. The van der Waals surface area contributed by atoms with E-state index in [4.69, 9.17) is 17.3 Å². The number of aromatic nitrogens is 1. The minimum absolute atomic E-state index is 0.179. The molecule has 0 atom stereocenters. The maximum absolute atomic E-state index is 12.7. The van der Waals surface area contributed by atoms with Crippen LogP contribution in [0.15, 0.2) is 47.8 Å². The Hall–Kier alpha value is -2.77. The number of rotatable bonds is 7. The van der Waals surface area contributed by atoms with Crippen LogP contribution in [-0.2, 0) is 6.42 Å². The van der Waals surface area contributed by atoms with Crippen LogP contribution < -0.4 is 21.3 Å². The Morgan fingerprint density at radius 2 is 1.89 bits per heavy atom. The summed E-state index contributed by atoms with van der Waals surface area (Å²) in [5.74, 6) is -0.179. The second kappa shape index (κ2) is 8.95.